The molecular weight excluding hydrogens is 262 g/mol. The highest BCUT2D eigenvalue weighted by molar-refractivity contribution is 5.49. The van der Waals surface area contributed by atoms with E-state index in [1.54, 1.807) is 7.11 Å². The summed E-state index contributed by atoms with van der Waals surface area (Å²) in [5, 5.41) is 0. The summed E-state index contributed by atoms with van der Waals surface area (Å²) < 4.78 is 5.21. The van der Waals surface area contributed by atoms with Gasteiger partial charge in [-0.15, -0.1) is 0 Å². The summed E-state index contributed by atoms with van der Waals surface area (Å²) in [4.78, 5) is 5.01. The topological polar surface area (TPSA) is 41.7 Å². The Morgan fingerprint density at radius 1 is 1.10 bits per heavy atom. The van der Waals surface area contributed by atoms with E-state index in [1.807, 2.05) is 12.1 Å². The molecule has 1 fully saturated rings. The van der Waals surface area contributed by atoms with E-state index in [1.165, 1.54) is 5.69 Å². The van der Waals surface area contributed by atoms with Crippen LogP contribution in [0.15, 0.2) is 36.4 Å². The Balaban J connectivity index is 1.49. The molecule has 0 saturated carbocycles. The number of hydrogen-bond donors (Lipinski definition) is 1. The zero-order valence-electron chi connectivity index (χ0n) is 12.7. The molecule has 3 rings (SSSR count). The molecule has 2 N–H and O–H groups in total. The molecular formula is C17H25N3O. The highest BCUT2D eigenvalue weighted by Crippen LogP contribution is 2.22. The second-order valence-electron chi connectivity index (χ2n) is 6.03. The van der Waals surface area contributed by atoms with Crippen LogP contribution in [-0.4, -0.2) is 50.8 Å². The molecule has 21 heavy (non-hydrogen) atoms. The van der Waals surface area contributed by atoms with Crippen LogP contribution in [0.3, 0.4) is 0 Å². The first-order chi connectivity index (χ1) is 10.2. The van der Waals surface area contributed by atoms with Crippen molar-refractivity contribution < 1.29 is 4.74 Å². The maximum absolute atomic E-state index is 5.93. The Labute approximate surface area is 127 Å². The van der Waals surface area contributed by atoms with Crippen LogP contribution in [0, 0.1) is 5.92 Å². The molecule has 1 heterocycles. The summed E-state index contributed by atoms with van der Waals surface area (Å²) in [6.07, 6.45) is 5.55. The summed E-state index contributed by atoms with van der Waals surface area (Å²) >= 11 is 0. The molecule has 4 heteroatoms. The first-order valence-corrected chi connectivity index (χ1v) is 7.80. The number of nitrogens with two attached hydrogens (primary N) is 1. The lowest BCUT2D eigenvalue weighted by Crippen LogP contribution is -2.47. The van der Waals surface area contributed by atoms with Gasteiger partial charge in [-0.25, -0.2) is 0 Å². The van der Waals surface area contributed by atoms with E-state index in [4.69, 9.17) is 10.5 Å². The number of methoxy groups -OCH3 is 1. The highest BCUT2D eigenvalue weighted by atomic mass is 16.5. The van der Waals surface area contributed by atoms with Gasteiger partial charge in [-0.05, 0) is 36.6 Å². The van der Waals surface area contributed by atoms with E-state index in [0.29, 0.717) is 5.92 Å². The largest absolute Gasteiger partial charge is 0.497 e. The monoisotopic (exact) mass is 287 g/mol. The number of benzene rings is 1. The van der Waals surface area contributed by atoms with E-state index in [0.717, 1.165) is 44.9 Å². The van der Waals surface area contributed by atoms with Crippen molar-refractivity contribution in [1.29, 1.82) is 0 Å². The Kier molecular flexibility index (Phi) is 4.46. The van der Waals surface area contributed by atoms with Crippen molar-refractivity contribution in [3.8, 4) is 5.75 Å². The zero-order valence-corrected chi connectivity index (χ0v) is 12.7. The Morgan fingerprint density at radius 2 is 1.81 bits per heavy atom. The van der Waals surface area contributed by atoms with Gasteiger partial charge in [-0.2, -0.15) is 0 Å². The number of anilines is 1. The Hall–Kier alpha value is -1.52. The number of ether oxygens (including phenoxy) is 1. The fourth-order valence-corrected chi connectivity index (χ4v) is 3.26. The molecule has 0 spiro atoms. The molecule has 114 valence electrons. The maximum Gasteiger partial charge on any atom is 0.119 e. The van der Waals surface area contributed by atoms with Gasteiger partial charge in [0.25, 0.3) is 0 Å². The smallest absolute Gasteiger partial charge is 0.119 e. The molecule has 0 aromatic heterocycles. The number of hydrogen-bond acceptors (Lipinski definition) is 4. The van der Waals surface area contributed by atoms with E-state index in [9.17, 15) is 0 Å². The standard InChI is InChI=1S/C17H25N3O/c1-21-17-6-4-16(5-7-17)20-10-8-19(9-11-20)13-14-2-3-15(18)12-14/h2-7,14-15H,8-13,18H2,1H3. The van der Waals surface area contributed by atoms with E-state index >= 15 is 0 Å². The molecule has 0 amide bonds. The summed E-state index contributed by atoms with van der Waals surface area (Å²) in [5.74, 6) is 1.56. The molecule has 1 saturated heterocycles. The lowest BCUT2D eigenvalue weighted by molar-refractivity contribution is 0.232. The second-order valence-corrected chi connectivity index (χ2v) is 6.03. The highest BCUT2D eigenvalue weighted by Gasteiger charge is 2.22. The molecule has 1 aromatic carbocycles. The molecule has 0 bridgehead atoms. The van der Waals surface area contributed by atoms with Crippen LogP contribution in [-0.2, 0) is 0 Å². The average Bonchev–Trinajstić information content (AvgIpc) is 2.93. The van der Waals surface area contributed by atoms with Gasteiger partial charge in [0.2, 0.25) is 0 Å². The van der Waals surface area contributed by atoms with Crippen LogP contribution in [0.1, 0.15) is 6.42 Å². The average molecular weight is 287 g/mol. The predicted molar refractivity (Wildman–Crippen MR) is 86.9 cm³/mol. The lowest BCUT2D eigenvalue weighted by Gasteiger charge is -2.37. The van der Waals surface area contributed by atoms with Crippen molar-refractivity contribution in [2.75, 3.05) is 44.7 Å². The molecule has 2 unspecified atom stereocenters. The van der Waals surface area contributed by atoms with Crippen LogP contribution < -0.4 is 15.4 Å². The van der Waals surface area contributed by atoms with Crippen LogP contribution in [0.2, 0.25) is 0 Å². The maximum atomic E-state index is 5.93. The quantitative estimate of drug-likeness (QED) is 0.856. The van der Waals surface area contributed by atoms with E-state index < -0.39 is 0 Å². The predicted octanol–water partition coefficient (Wildman–Crippen LogP) is 1.72. The van der Waals surface area contributed by atoms with Gasteiger partial charge >= 0.3 is 0 Å². The summed E-state index contributed by atoms with van der Waals surface area (Å²) in [7, 11) is 1.71. The van der Waals surface area contributed by atoms with Gasteiger partial charge in [0.05, 0.1) is 7.11 Å². The first-order valence-electron chi connectivity index (χ1n) is 7.80. The van der Waals surface area contributed by atoms with Crippen molar-refractivity contribution in [3.05, 3.63) is 36.4 Å². The minimum atomic E-state index is 0.274. The fourth-order valence-electron chi connectivity index (χ4n) is 3.26. The van der Waals surface area contributed by atoms with Gasteiger partial charge in [0, 0.05) is 44.5 Å². The molecule has 4 nitrogen and oxygen atoms in total. The number of rotatable bonds is 4. The van der Waals surface area contributed by atoms with Crippen molar-refractivity contribution in [3.63, 3.8) is 0 Å². The molecule has 2 aliphatic rings. The molecule has 2 atom stereocenters. The van der Waals surface area contributed by atoms with Crippen LogP contribution >= 0.6 is 0 Å². The van der Waals surface area contributed by atoms with Gasteiger partial charge in [-0.3, -0.25) is 4.90 Å². The van der Waals surface area contributed by atoms with E-state index in [2.05, 4.69) is 34.1 Å². The van der Waals surface area contributed by atoms with Crippen molar-refractivity contribution in [2.45, 2.75) is 12.5 Å². The number of nitrogens with zero attached hydrogens (tertiary/aromatic N) is 2. The third-order valence-corrected chi connectivity index (χ3v) is 4.51. The van der Waals surface area contributed by atoms with Crippen LogP contribution in [0.4, 0.5) is 5.69 Å². The number of piperazine rings is 1. The van der Waals surface area contributed by atoms with Crippen molar-refractivity contribution >= 4 is 5.69 Å². The third-order valence-electron chi connectivity index (χ3n) is 4.51. The minimum Gasteiger partial charge on any atom is -0.497 e. The molecule has 1 aliphatic heterocycles. The van der Waals surface area contributed by atoms with Crippen LogP contribution in [0.25, 0.3) is 0 Å². The van der Waals surface area contributed by atoms with E-state index in [-0.39, 0.29) is 6.04 Å². The summed E-state index contributed by atoms with van der Waals surface area (Å²) in [6.45, 7) is 5.60. The molecule has 1 aromatic rings. The van der Waals surface area contributed by atoms with Gasteiger partial charge < -0.3 is 15.4 Å². The zero-order chi connectivity index (χ0) is 14.7. The minimum absolute atomic E-state index is 0.274. The van der Waals surface area contributed by atoms with Gasteiger partial charge in [-0.1, -0.05) is 12.2 Å². The second kappa shape index (κ2) is 6.50. The van der Waals surface area contributed by atoms with Crippen LogP contribution in [0.5, 0.6) is 5.75 Å². The SMILES string of the molecule is COc1ccc(N2CCN(CC3C=CC(N)C3)CC2)cc1. The first kappa shape index (κ1) is 14.4. The fraction of sp³-hybridized carbons (Fsp3) is 0.529. The normalized spacial score (nSPS) is 26.3. The lowest BCUT2D eigenvalue weighted by atomic mass is 10.1. The summed E-state index contributed by atoms with van der Waals surface area (Å²) in [6, 6.07) is 8.63. The summed E-state index contributed by atoms with van der Waals surface area (Å²) in [5.41, 5.74) is 7.22. The van der Waals surface area contributed by atoms with Crippen molar-refractivity contribution in [2.24, 2.45) is 11.7 Å². The molecule has 0 radical (unpaired) electrons. The van der Waals surface area contributed by atoms with Gasteiger partial charge in [0.1, 0.15) is 5.75 Å². The molecule has 1 aliphatic carbocycles. The Bertz CT molecular complexity index is 477. The van der Waals surface area contributed by atoms with Gasteiger partial charge in [0.15, 0.2) is 0 Å². The Morgan fingerprint density at radius 3 is 2.38 bits per heavy atom. The third kappa shape index (κ3) is 3.57. The van der Waals surface area contributed by atoms with Crippen molar-refractivity contribution in [1.82, 2.24) is 4.90 Å².